The fourth-order valence-electron chi connectivity index (χ4n) is 5.55. The van der Waals surface area contributed by atoms with Gasteiger partial charge in [-0.2, -0.15) is 4.98 Å². The molecule has 1 saturated carbocycles. The van der Waals surface area contributed by atoms with Crippen molar-refractivity contribution >= 4 is 23.5 Å². The second kappa shape index (κ2) is 10.6. The average molecular weight is 466 g/mol. The van der Waals surface area contributed by atoms with Crippen LogP contribution >= 0.6 is 0 Å². The van der Waals surface area contributed by atoms with Gasteiger partial charge in [0.15, 0.2) is 0 Å². The molecule has 0 unspecified atom stereocenters. The molecule has 5 N–H and O–H groups in total. The van der Waals surface area contributed by atoms with Crippen molar-refractivity contribution in [1.82, 2.24) is 9.97 Å². The lowest BCUT2D eigenvalue weighted by molar-refractivity contribution is 0.248. The van der Waals surface area contributed by atoms with E-state index < -0.39 is 6.03 Å². The Morgan fingerprint density at radius 3 is 2.44 bits per heavy atom. The predicted molar refractivity (Wildman–Crippen MR) is 138 cm³/mol. The number of benzene rings is 1. The van der Waals surface area contributed by atoms with E-state index in [2.05, 4.69) is 23.2 Å². The fourth-order valence-corrected chi connectivity index (χ4v) is 5.55. The van der Waals surface area contributed by atoms with Crippen LogP contribution in [-0.4, -0.2) is 42.2 Å². The van der Waals surface area contributed by atoms with Crippen molar-refractivity contribution in [1.29, 1.82) is 0 Å². The number of nitrogens with one attached hydrogen (secondary N) is 1. The zero-order valence-electron chi connectivity index (χ0n) is 20.8. The summed E-state index contributed by atoms with van der Waals surface area (Å²) >= 11 is 0. The topological polar surface area (TPSA) is 113 Å². The number of aromatic nitrogens is 2. The molecule has 0 atom stereocenters. The number of primary amides is 1. The monoisotopic (exact) mass is 465 g/mol. The number of carbonyl (C=O) groups excluding carboxylic acids is 1. The van der Waals surface area contributed by atoms with E-state index in [-0.39, 0.29) is 12.1 Å². The van der Waals surface area contributed by atoms with Gasteiger partial charge < -0.3 is 21.7 Å². The molecule has 0 spiro atoms. The number of carbonyl (C=O) groups is 1. The molecule has 184 valence electrons. The van der Waals surface area contributed by atoms with Crippen LogP contribution in [0.4, 0.5) is 22.2 Å². The van der Waals surface area contributed by atoms with E-state index in [0.717, 1.165) is 73.5 Å². The molecule has 1 heterocycles. The minimum atomic E-state index is -0.402. The first-order valence-corrected chi connectivity index (χ1v) is 12.7. The van der Waals surface area contributed by atoms with Gasteiger partial charge in [0.25, 0.3) is 0 Å². The lowest BCUT2D eigenvalue weighted by atomic mass is 9.89. The summed E-state index contributed by atoms with van der Waals surface area (Å²) < 4.78 is 0. The van der Waals surface area contributed by atoms with E-state index in [1.165, 1.54) is 24.1 Å². The molecule has 0 radical (unpaired) electrons. The van der Waals surface area contributed by atoms with Crippen molar-refractivity contribution in [2.75, 3.05) is 29.2 Å². The summed E-state index contributed by atoms with van der Waals surface area (Å²) in [6, 6.07) is 6.00. The highest BCUT2D eigenvalue weighted by Crippen LogP contribution is 2.34. The van der Waals surface area contributed by atoms with Gasteiger partial charge in [0.05, 0.1) is 11.4 Å². The van der Waals surface area contributed by atoms with Crippen LogP contribution < -0.4 is 26.6 Å². The largest absolute Gasteiger partial charge is 0.362 e. The van der Waals surface area contributed by atoms with Crippen molar-refractivity contribution < 1.29 is 4.79 Å². The summed E-state index contributed by atoms with van der Waals surface area (Å²) in [5, 5.41) is 3.60. The molecule has 1 fully saturated rings. The standard InChI is InChI=1S/C26H39N7O/c1-4-17-8-7-9-18(16-27)23(17)33(25(28)34)20-14-12-19(13-15-20)29-26-30-22-11-6-5-10-21(22)24(31-26)32(2)3/h7-9,19-20H,4-6,10-16,27H2,1-3H3,(H2,28,34)(H,29,30,31). The second-order valence-corrected chi connectivity index (χ2v) is 9.74. The Kier molecular flexibility index (Phi) is 7.56. The highest BCUT2D eigenvalue weighted by molar-refractivity contribution is 5.93. The summed E-state index contributed by atoms with van der Waals surface area (Å²) in [5.74, 6) is 1.76. The first-order chi connectivity index (χ1) is 16.4. The van der Waals surface area contributed by atoms with Crippen LogP contribution in [0.1, 0.15) is 67.8 Å². The Labute approximate surface area is 203 Å². The first-order valence-electron chi connectivity index (χ1n) is 12.7. The Hall–Kier alpha value is -2.87. The Bertz CT molecular complexity index is 992. The fraction of sp³-hybridized carbons (Fsp3) is 0.577. The van der Waals surface area contributed by atoms with Crippen LogP contribution in [0.2, 0.25) is 0 Å². The van der Waals surface area contributed by atoms with Crippen LogP contribution in [0.3, 0.4) is 0 Å². The normalized spacial score (nSPS) is 19.9. The van der Waals surface area contributed by atoms with Crippen molar-refractivity contribution in [2.24, 2.45) is 11.5 Å². The van der Waals surface area contributed by atoms with E-state index in [0.29, 0.717) is 6.54 Å². The summed E-state index contributed by atoms with van der Waals surface area (Å²) in [6.45, 7) is 2.48. The van der Waals surface area contributed by atoms with Crippen molar-refractivity contribution in [3.05, 3.63) is 40.6 Å². The molecule has 34 heavy (non-hydrogen) atoms. The maximum Gasteiger partial charge on any atom is 0.319 e. The first kappa shape index (κ1) is 24.3. The maximum atomic E-state index is 12.6. The van der Waals surface area contributed by atoms with Crippen molar-refractivity contribution in [3.8, 4) is 0 Å². The molecule has 4 rings (SSSR count). The lowest BCUT2D eigenvalue weighted by Crippen LogP contribution is -2.47. The highest BCUT2D eigenvalue weighted by atomic mass is 16.2. The van der Waals surface area contributed by atoms with Gasteiger partial charge in [-0.1, -0.05) is 25.1 Å². The minimum Gasteiger partial charge on any atom is -0.362 e. The number of para-hydroxylation sites is 1. The van der Waals surface area contributed by atoms with Crippen LogP contribution in [0.5, 0.6) is 0 Å². The molecule has 8 nitrogen and oxygen atoms in total. The molecule has 0 aliphatic heterocycles. The van der Waals surface area contributed by atoms with E-state index in [4.69, 9.17) is 21.4 Å². The van der Waals surface area contributed by atoms with Gasteiger partial charge in [-0.05, 0) is 68.9 Å². The highest BCUT2D eigenvalue weighted by Gasteiger charge is 2.31. The summed E-state index contributed by atoms with van der Waals surface area (Å²) in [4.78, 5) is 26.2. The van der Waals surface area contributed by atoms with Crippen molar-refractivity contribution in [2.45, 2.75) is 83.3 Å². The summed E-state index contributed by atoms with van der Waals surface area (Å²) in [7, 11) is 4.10. The number of anilines is 3. The lowest BCUT2D eigenvalue weighted by Gasteiger charge is -2.38. The molecule has 1 aromatic carbocycles. The number of nitrogens with zero attached hydrogens (tertiary/aromatic N) is 4. The van der Waals surface area contributed by atoms with Crippen LogP contribution in [0, 0.1) is 0 Å². The van der Waals surface area contributed by atoms with Crippen LogP contribution in [0.25, 0.3) is 0 Å². The molecule has 0 bridgehead atoms. The number of hydrogen-bond donors (Lipinski definition) is 3. The third kappa shape index (κ3) is 4.97. The number of hydrogen-bond acceptors (Lipinski definition) is 6. The van der Waals surface area contributed by atoms with Gasteiger partial charge in [-0.25, -0.2) is 9.78 Å². The Morgan fingerprint density at radius 1 is 1.09 bits per heavy atom. The van der Waals surface area contributed by atoms with Gasteiger partial charge >= 0.3 is 6.03 Å². The summed E-state index contributed by atoms with van der Waals surface area (Å²) in [6.07, 6.45) is 8.90. The molecule has 2 aliphatic carbocycles. The third-order valence-corrected chi connectivity index (χ3v) is 7.26. The van der Waals surface area contributed by atoms with Gasteiger partial charge in [-0.3, -0.25) is 4.90 Å². The number of nitrogens with two attached hydrogens (primary N) is 2. The van der Waals surface area contributed by atoms with E-state index >= 15 is 0 Å². The number of fused-ring (bicyclic) bond motifs is 1. The molecule has 1 aromatic heterocycles. The maximum absolute atomic E-state index is 12.6. The predicted octanol–water partition coefficient (Wildman–Crippen LogP) is 3.75. The molecule has 2 amide bonds. The van der Waals surface area contributed by atoms with Crippen LogP contribution in [0.15, 0.2) is 18.2 Å². The van der Waals surface area contributed by atoms with Gasteiger partial charge in [0.1, 0.15) is 5.82 Å². The Morgan fingerprint density at radius 2 is 1.79 bits per heavy atom. The SMILES string of the molecule is CCc1cccc(CN)c1N(C(N)=O)C1CCC(Nc2nc3c(c(N(C)C)n2)CCCC3)CC1. The molecule has 2 aliphatic rings. The number of amides is 2. The van der Waals surface area contributed by atoms with E-state index in [1.807, 2.05) is 26.2 Å². The van der Waals surface area contributed by atoms with Crippen molar-refractivity contribution in [3.63, 3.8) is 0 Å². The molecule has 8 heteroatoms. The Balaban J connectivity index is 1.49. The second-order valence-electron chi connectivity index (χ2n) is 9.74. The average Bonchev–Trinajstić information content (AvgIpc) is 2.84. The number of urea groups is 1. The smallest absolute Gasteiger partial charge is 0.319 e. The molecule has 2 aromatic rings. The van der Waals surface area contributed by atoms with E-state index in [1.54, 1.807) is 4.90 Å². The van der Waals surface area contributed by atoms with Gasteiger partial charge in [-0.15, -0.1) is 0 Å². The van der Waals surface area contributed by atoms with Gasteiger partial charge in [0, 0.05) is 38.3 Å². The van der Waals surface area contributed by atoms with E-state index in [9.17, 15) is 4.79 Å². The number of aryl methyl sites for hydroxylation is 2. The van der Waals surface area contributed by atoms with Gasteiger partial charge in [0.2, 0.25) is 5.95 Å². The third-order valence-electron chi connectivity index (χ3n) is 7.26. The molecule has 0 saturated heterocycles. The minimum absolute atomic E-state index is 0.0651. The summed E-state index contributed by atoms with van der Waals surface area (Å²) in [5.41, 5.74) is 17.4. The van der Waals surface area contributed by atoms with Crippen LogP contribution in [-0.2, 0) is 25.8 Å². The zero-order chi connectivity index (χ0) is 24.2. The zero-order valence-corrected chi connectivity index (χ0v) is 20.8. The molecular formula is C26H39N7O. The number of rotatable bonds is 7. The molecular weight excluding hydrogens is 426 g/mol. The quantitative estimate of drug-likeness (QED) is 0.574.